The van der Waals surface area contributed by atoms with Crippen LogP contribution in [0.2, 0.25) is 0 Å². The van der Waals surface area contributed by atoms with Gasteiger partial charge in [-0.25, -0.2) is 0 Å². The molecule has 0 radical (unpaired) electrons. The summed E-state index contributed by atoms with van der Waals surface area (Å²) in [5.41, 5.74) is 1.08. The molecule has 1 N–H and O–H groups in total. The Morgan fingerprint density at radius 3 is 2.33 bits per heavy atom. The summed E-state index contributed by atoms with van der Waals surface area (Å²) >= 11 is 0. The third-order valence-corrected chi connectivity index (χ3v) is 4.25. The third kappa shape index (κ3) is 6.69. The molecule has 2 aromatic rings. The number of non-ortho nitro benzene ring substituents is 1. The molecule has 0 bridgehead atoms. The molecule has 2 amide bonds. The molecule has 1 atom stereocenters. The number of benzene rings is 2. The number of nitro groups is 1. The van der Waals surface area contributed by atoms with Gasteiger partial charge in [0.25, 0.3) is 17.5 Å². The van der Waals surface area contributed by atoms with Crippen molar-refractivity contribution >= 4 is 23.5 Å². The minimum Gasteiger partial charge on any atom is -0.452 e. The topological polar surface area (TPSA) is 119 Å². The fourth-order valence-electron chi connectivity index (χ4n) is 2.67. The van der Waals surface area contributed by atoms with Crippen molar-refractivity contribution in [3.63, 3.8) is 0 Å². The molecule has 30 heavy (non-hydrogen) atoms. The summed E-state index contributed by atoms with van der Waals surface area (Å²) in [5, 5.41) is 13.2. The number of likely N-dealkylation sites (N-methyl/N-ethyl adjacent to an activating group) is 1. The second kappa shape index (κ2) is 10.7. The van der Waals surface area contributed by atoms with Crippen molar-refractivity contribution < 1.29 is 24.0 Å². The van der Waals surface area contributed by atoms with E-state index in [1.54, 1.807) is 7.05 Å². The quantitative estimate of drug-likeness (QED) is 0.383. The average Bonchev–Trinajstić information content (AvgIpc) is 2.73. The largest absolute Gasteiger partial charge is 0.452 e. The highest BCUT2D eigenvalue weighted by molar-refractivity contribution is 5.94. The molecule has 9 nitrogen and oxygen atoms in total. The summed E-state index contributed by atoms with van der Waals surface area (Å²) in [7, 11) is 1.63. The van der Waals surface area contributed by atoms with Gasteiger partial charge in [0.05, 0.1) is 11.3 Å². The first kappa shape index (κ1) is 22.5. The van der Waals surface area contributed by atoms with E-state index in [9.17, 15) is 24.5 Å². The predicted octanol–water partition coefficient (Wildman–Crippen LogP) is 2.31. The highest BCUT2D eigenvalue weighted by Crippen LogP contribution is 2.12. The monoisotopic (exact) mass is 413 g/mol. The van der Waals surface area contributed by atoms with Crippen LogP contribution >= 0.6 is 0 Å². The smallest absolute Gasteiger partial charge is 0.308 e. The fourth-order valence-corrected chi connectivity index (χ4v) is 2.67. The summed E-state index contributed by atoms with van der Waals surface area (Å²) in [6.07, 6.45) is -1.06. The Kier molecular flexibility index (Phi) is 8.04. The Morgan fingerprint density at radius 2 is 1.73 bits per heavy atom. The van der Waals surface area contributed by atoms with Crippen molar-refractivity contribution in [1.29, 1.82) is 0 Å². The molecular formula is C21H23N3O6. The van der Waals surface area contributed by atoms with Gasteiger partial charge < -0.3 is 15.0 Å². The molecule has 9 heteroatoms. The summed E-state index contributed by atoms with van der Waals surface area (Å²) in [6, 6.07) is 14.5. The Bertz CT molecular complexity index is 899. The van der Waals surface area contributed by atoms with Gasteiger partial charge in [0.1, 0.15) is 0 Å². The van der Waals surface area contributed by atoms with Gasteiger partial charge in [-0.2, -0.15) is 0 Å². The van der Waals surface area contributed by atoms with Crippen LogP contribution in [-0.2, 0) is 20.9 Å². The van der Waals surface area contributed by atoms with Crippen molar-refractivity contribution in [2.45, 2.75) is 26.0 Å². The van der Waals surface area contributed by atoms with Crippen LogP contribution in [0.1, 0.15) is 29.3 Å². The molecule has 0 heterocycles. The lowest BCUT2D eigenvalue weighted by Gasteiger charge is -2.21. The highest BCUT2D eigenvalue weighted by Gasteiger charge is 2.21. The van der Waals surface area contributed by atoms with Gasteiger partial charge in [-0.3, -0.25) is 24.5 Å². The van der Waals surface area contributed by atoms with E-state index in [4.69, 9.17) is 4.74 Å². The zero-order valence-corrected chi connectivity index (χ0v) is 16.7. The number of nitro benzene ring substituents is 1. The fraction of sp³-hybridized carbons (Fsp3) is 0.286. The van der Waals surface area contributed by atoms with Gasteiger partial charge in [0.15, 0.2) is 6.10 Å². The van der Waals surface area contributed by atoms with Crippen molar-refractivity contribution in [1.82, 2.24) is 10.2 Å². The molecule has 158 valence electrons. The van der Waals surface area contributed by atoms with E-state index < -0.39 is 22.9 Å². The van der Waals surface area contributed by atoms with E-state index in [1.807, 2.05) is 30.3 Å². The van der Waals surface area contributed by atoms with Crippen LogP contribution in [0.15, 0.2) is 54.6 Å². The number of hydrogen-bond acceptors (Lipinski definition) is 6. The third-order valence-electron chi connectivity index (χ3n) is 4.25. The molecule has 0 aliphatic rings. The van der Waals surface area contributed by atoms with Crippen molar-refractivity contribution in [3.8, 4) is 0 Å². The minimum atomic E-state index is -0.948. The molecule has 0 saturated heterocycles. The number of carbonyl (C=O) groups excluding carboxylic acids is 3. The van der Waals surface area contributed by atoms with Crippen LogP contribution in [0.4, 0.5) is 5.69 Å². The summed E-state index contributed by atoms with van der Waals surface area (Å²) in [4.78, 5) is 47.9. The number of hydrogen-bond donors (Lipinski definition) is 1. The van der Waals surface area contributed by atoms with Gasteiger partial charge in [-0.15, -0.1) is 0 Å². The van der Waals surface area contributed by atoms with Crippen LogP contribution in [0.5, 0.6) is 0 Å². The molecule has 0 spiro atoms. The minimum absolute atomic E-state index is 0.00934. The Morgan fingerprint density at radius 1 is 1.10 bits per heavy atom. The molecule has 0 unspecified atom stereocenters. The zero-order valence-electron chi connectivity index (χ0n) is 16.7. The van der Waals surface area contributed by atoms with Crippen LogP contribution in [0.3, 0.4) is 0 Å². The Hall–Kier alpha value is -3.75. The maximum atomic E-state index is 12.4. The lowest BCUT2D eigenvalue weighted by Crippen LogP contribution is -2.37. The number of nitrogens with zero attached hydrogens (tertiary/aromatic N) is 2. The first-order valence-electron chi connectivity index (χ1n) is 9.29. The molecule has 0 aromatic heterocycles. The maximum Gasteiger partial charge on any atom is 0.308 e. The molecule has 2 rings (SSSR count). The average molecular weight is 413 g/mol. The zero-order chi connectivity index (χ0) is 22.1. The number of esters is 1. The first-order valence-corrected chi connectivity index (χ1v) is 9.29. The number of amides is 2. The second-order valence-corrected chi connectivity index (χ2v) is 6.62. The lowest BCUT2D eigenvalue weighted by molar-refractivity contribution is -0.384. The van der Waals surface area contributed by atoms with E-state index in [2.05, 4.69) is 5.32 Å². The van der Waals surface area contributed by atoms with Crippen LogP contribution in [0, 0.1) is 10.1 Å². The van der Waals surface area contributed by atoms with Gasteiger partial charge in [-0.05, 0) is 24.6 Å². The second-order valence-electron chi connectivity index (χ2n) is 6.62. The van der Waals surface area contributed by atoms with Gasteiger partial charge in [0.2, 0.25) is 0 Å². The summed E-state index contributed by atoms with van der Waals surface area (Å²) < 4.78 is 5.14. The Labute approximate surface area is 173 Å². The molecule has 0 aliphatic heterocycles. The van der Waals surface area contributed by atoms with E-state index >= 15 is 0 Å². The van der Waals surface area contributed by atoms with Gasteiger partial charge in [0, 0.05) is 37.8 Å². The Balaban J connectivity index is 1.74. The number of carbonyl (C=O) groups is 3. The lowest BCUT2D eigenvalue weighted by atomic mass is 10.2. The van der Waals surface area contributed by atoms with Crippen molar-refractivity contribution in [2.24, 2.45) is 0 Å². The number of ether oxygens (including phenoxy) is 1. The molecule has 0 aliphatic carbocycles. The maximum absolute atomic E-state index is 12.4. The standard InChI is InChI=1S/C21H23N3O6/c1-15(21(27)23(2)14-16-6-4-3-5-7-16)30-19(25)12-13-22-20(26)17-8-10-18(11-9-17)24(28)29/h3-11,15H,12-14H2,1-2H3,(H,22,26)/t15-/m1/s1. The summed E-state index contributed by atoms with van der Waals surface area (Å²) in [6.45, 7) is 1.90. The summed E-state index contributed by atoms with van der Waals surface area (Å²) in [5.74, 6) is -1.42. The predicted molar refractivity (Wildman–Crippen MR) is 109 cm³/mol. The van der Waals surface area contributed by atoms with E-state index in [0.29, 0.717) is 6.54 Å². The van der Waals surface area contributed by atoms with E-state index in [1.165, 1.54) is 36.1 Å². The van der Waals surface area contributed by atoms with Crippen LogP contribution in [-0.4, -0.2) is 47.3 Å². The van der Waals surface area contributed by atoms with E-state index in [-0.39, 0.29) is 30.1 Å². The number of nitrogens with one attached hydrogen (secondary N) is 1. The first-order chi connectivity index (χ1) is 14.3. The van der Waals surface area contributed by atoms with Crippen molar-refractivity contribution in [2.75, 3.05) is 13.6 Å². The molecule has 2 aromatic carbocycles. The molecule has 0 fully saturated rings. The SMILES string of the molecule is C[C@@H](OC(=O)CCNC(=O)c1ccc([N+](=O)[O-])cc1)C(=O)N(C)Cc1ccccc1. The highest BCUT2D eigenvalue weighted by atomic mass is 16.6. The number of rotatable bonds is 9. The van der Waals surface area contributed by atoms with E-state index in [0.717, 1.165) is 5.56 Å². The normalized spacial score (nSPS) is 11.3. The van der Waals surface area contributed by atoms with Gasteiger partial charge >= 0.3 is 5.97 Å². The van der Waals surface area contributed by atoms with Crippen LogP contribution < -0.4 is 5.32 Å². The molecule has 0 saturated carbocycles. The van der Waals surface area contributed by atoms with Crippen LogP contribution in [0.25, 0.3) is 0 Å². The van der Waals surface area contributed by atoms with Gasteiger partial charge in [-0.1, -0.05) is 30.3 Å². The molecular weight excluding hydrogens is 390 g/mol. The van der Waals surface area contributed by atoms with Crippen molar-refractivity contribution in [3.05, 3.63) is 75.8 Å².